The second kappa shape index (κ2) is 12.8. The monoisotopic (exact) mass is 697 g/mol. The van der Waals surface area contributed by atoms with Gasteiger partial charge in [0.1, 0.15) is 0 Å². The molecular formula is C38H43N3O8Si. The molecule has 2 saturated heterocycles. The van der Waals surface area contributed by atoms with Gasteiger partial charge < -0.3 is 29.2 Å². The van der Waals surface area contributed by atoms with Crippen LogP contribution in [0.1, 0.15) is 48.9 Å². The van der Waals surface area contributed by atoms with Gasteiger partial charge in [0.15, 0.2) is 20.1 Å². The molecular weight excluding hydrogens is 655 g/mol. The molecule has 0 saturated carbocycles. The highest BCUT2D eigenvalue weighted by molar-refractivity contribution is 6.71. The smallest absolute Gasteiger partial charge is 0.304 e. The van der Waals surface area contributed by atoms with E-state index in [9.17, 15) is 29.1 Å². The van der Waals surface area contributed by atoms with Crippen molar-refractivity contribution in [1.82, 2.24) is 4.90 Å². The van der Waals surface area contributed by atoms with Crippen molar-refractivity contribution in [3.05, 3.63) is 95.1 Å². The lowest BCUT2D eigenvalue weighted by Crippen LogP contribution is -2.54. The zero-order valence-corrected chi connectivity index (χ0v) is 29.7. The fraction of sp³-hybridized carbons (Fsp3) is 0.421. The Hall–Kier alpha value is -4.36. The van der Waals surface area contributed by atoms with Crippen LogP contribution in [0.4, 0.5) is 11.4 Å². The third-order valence-electron chi connectivity index (χ3n) is 10.9. The van der Waals surface area contributed by atoms with Crippen molar-refractivity contribution < 1.29 is 38.6 Å². The van der Waals surface area contributed by atoms with Crippen LogP contribution < -0.4 is 9.80 Å². The number of ether oxygens (including phenoxy) is 2. The van der Waals surface area contributed by atoms with Crippen LogP contribution in [0.25, 0.3) is 0 Å². The lowest BCUT2D eigenvalue weighted by Gasteiger charge is -2.39. The average Bonchev–Trinajstić information content (AvgIpc) is 3.50. The summed E-state index contributed by atoms with van der Waals surface area (Å²) in [5.41, 5.74) is 3.17. The van der Waals surface area contributed by atoms with Gasteiger partial charge in [-0.2, -0.15) is 0 Å². The number of benzene rings is 3. The third kappa shape index (κ3) is 5.64. The third-order valence-corrected chi connectivity index (χ3v) is 13.4. The average molecular weight is 698 g/mol. The van der Waals surface area contributed by atoms with Crippen LogP contribution in [-0.4, -0.2) is 71.8 Å². The van der Waals surface area contributed by atoms with E-state index in [2.05, 4.69) is 0 Å². The summed E-state index contributed by atoms with van der Waals surface area (Å²) in [6.45, 7) is 7.37. The summed E-state index contributed by atoms with van der Waals surface area (Å²) in [6.07, 6.45) is -0.679. The van der Waals surface area contributed by atoms with Gasteiger partial charge in [-0.3, -0.25) is 24.1 Å². The Kier molecular flexibility index (Phi) is 8.70. The molecule has 1 spiro atoms. The minimum atomic E-state index is -3.01. The number of nitrogens with zero attached hydrogens (tertiary/aromatic N) is 3. The SMILES string of the molecule is CC(=O)OC1CC(=O)N1c1ccc(CN2C(=O)[C@@]3(O[C@@H](CC(=O)N4Cc5ccccc5C[C@H]4CO)[C@H]([Si](C)(C)O)[C@H]3C)c3ccccc32)cc1. The number of aliphatic hydroxyl groups excluding tert-OH is 1. The minimum absolute atomic E-state index is 0.0210. The number of aliphatic hydroxyl groups is 1. The first kappa shape index (κ1) is 34.1. The fourth-order valence-corrected chi connectivity index (χ4v) is 11.2. The standard InChI is InChI=1S/C38H43N3O8Si/c1-23-36(50(3,4)47)32(18-33(44)39-21-27-10-6-5-9-26(27)17-29(39)22-42)49-38(23)30-11-7-8-12-31(30)40(37(38)46)20-25-13-15-28(16-14-25)41-34(45)19-35(41)48-24(2)43/h5-16,23,29,32,35-36,42,47H,17-22H2,1-4H3/t23-,29+,32+,35?,36-,38+/m1/s1. The zero-order valence-electron chi connectivity index (χ0n) is 28.7. The summed E-state index contributed by atoms with van der Waals surface area (Å²) in [7, 11) is -3.01. The molecule has 0 radical (unpaired) electrons. The Morgan fingerprint density at radius 3 is 2.32 bits per heavy atom. The van der Waals surface area contributed by atoms with Crippen LogP contribution in [0.15, 0.2) is 72.8 Å². The van der Waals surface area contributed by atoms with Crippen molar-refractivity contribution in [3.63, 3.8) is 0 Å². The van der Waals surface area contributed by atoms with Crippen molar-refractivity contribution in [3.8, 4) is 0 Å². The van der Waals surface area contributed by atoms with Crippen molar-refractivity contribution in [2.75, 3.05) is 16.4 Å². The number of β-lactam (4-membered cyclic amide) rings is 1. The number of para-hydroxylation sites is 1. The number of amides is 3. The van der Waals surface area contributed by atoms with Crippen LogP contribution in [0, 0.1) is 5.92 Å². The predicted molar refractivity (Wildman–Crippen MR) is 187 cm³/mol. The quantitative estimate of drug-likeness (QED) is 0.205. The summed E-state index contributed by atoms with van der Waals surface area (Å²) >= 11 is 0. The van der Waals surface area contributed by atoms with E-state index >= 15 is 0 Å². The van der Waals surface area contributed by atoms with Crippen LogP contribution >= 0.6 is 0 Å². The van der Waals surface area contributed by atoms with E-state index in [4.69, 9.17) is 9.47 Å². The number of esters is 1. The molecule has 7 rings (SSSR count). The van der Waals surface area contributed by atoms with Crippen molar-refractivity contribution in [2.24, 2.45) is 5.92 Å². The fourth-order valence-electron chi connectivity index (χ4n) is 8.65. The van der Waals surface area contributed by atoms with E-state index < -0.39 is 43.7 Å². The first-order valence-electron chi connectivity index (χ1n) is 17.2. The highest BCUT2D eigenvalue weighted by atomic mass is 28.4. The molecule has 4 aliphatic heterocycles. The molecule has 0 aliphatic carbocycles. The second-order valence-electron chi connectivity index (χ2n) is 14.5. The summed E-state index contributed by atoms with van der Waals surface area (Å²) < 4.78 is 12.1. The van der Waals surface area contributed by atoms with Crippen LogP contribution in [-0.2, 0) is 53.8 Å². The molecule has 50 heavy (non-hydrogen) atoms. The highest BCUT2D eigenvalue weighted by Crippen LogP contribution is 2.59. The van der Waals surface area contributed by atoms with Crippen molar-refractivity contribution >= 4 is 43.4 Å². The Labute approximate surface area is 292 Å². The maximum absolute atomic E-state index is 14.8. The molecule has 262 valence electrons. The first-order chi connectivity index (χ1) is 23.8. The van der Waals surface area contributed by atoms with E-state index in [-0.39, 0.29) is 49.8 Å². The minimum Gasteiger partial charge on any atom is -0.441 e. The molecule has 2 N–H and O–H groups in total. The van der Waals surface area contributed by atoms with Gasteiger partial charge in [-0.15, -0.1) is 0 Å². The molecule has 3 aromatic carbocycles. The van der Waals surface area contributed by atoms with Gasteiger partial charge in [0, 0.05) is 36.2 Å². The largest absolute Gasteiger partial charge is 0.441 e. The molecule has 4 heterocycles. The van der Waals surface area contributed by atoms with Crippen LogP contribution in [0.3, 0.4) is 0 Å². The maximum Gasteiger partial charge on any atom is 0.304 e. The Morgan fingerprint density at radius 1 is 0.980 bits per heavy atom. The van der Waals surface area contributed by atoms with Gasteiger partial charge in [0.2, 0.25) is 11.8 Å². The van der Waals surface area contributed by atoms with E-state index in [1.54, 1.807) is 21.9 Å². The first-order valence-corrected chi connectivity index (χ1v) is 20.2. The van der Waals surface area contributed by atoms with Crippen molar-refractivity contribution in [2.45, 2.75) is 88.8 Å². The van der Waals surface area contributed by atoms with E-state index in [1.165, 1.54) is 11.8 Å². The topological polar surface area (TPSA) is 137 Å². The highest BCUT2D eigenvalue weighted by Gasteiger charge is 2.66. The van der Waals surface area contributed by atoms with Gasteiger partial charge in [0.25, 0.3) is 5.91 Å². The molecule has 11 nitrogen and oxygen atoms in total. The number of rotatable bonds is 8. The molecule has 6 atom stereocenters. The van der Waals surface area contributed by atoms with E-state index in [0.29, 0.717) is 29.9 Å². The number of hydrogen-bond acceptors (Lipinski definition) is 8. The van der Waals surface area contributed by atoms with Gasteiger partial charge in [0.05, 0.1) is 43.8 Å². The maximum atomic E-state index is 14.8. The number of fused-ring (bicyclic) bond motifs is 3. The number of carbonyl (C=O) groups excluding carboxylic acids is 4. The number of carbonyl (C=O) groups is 4. The van der Waals surface area contributed by atoms with Crippen LogP contribution in [0.2, 0.25) is 18.6 Å². The predicted octanol–water partition coefficient (Wildman–Crippen LogP) is 3.99. The number of hydrogen-bond donors (Lipinski definition) is 2. The Balaban J connectivity index is 1.16. The molecule has 3 aromatic rings. The molecule has 1 unspecified atom stereocenters. The van der Waals surface area contributed by atoms with Crippen LogP contribution in [0.5, 0.6) is 0 Å². The normalized spacial score (nSPS) is 27.3. The lowest BCUT2D eigenvalue weighted by molar-refractivity contribution is -0.154. The second-order valence-corrected chi connectivity index (χ2v) is 18.5. The molecule has 4 aliphatic rings. The molecule has 2 fully saturated rings. The molecule has 0 bridgehead atoms. The molecule has 12 heteroatoms. The summed E-state index contributed by atoms with van der Waals surface area (Å²) in [6, 6.07) is 22.3. The summed E-state index contributed by atoms with van der Waals surface area (Å²) in [5.74, 6) is -1.46. The molecule has 0 aromatic heterocycles. The summed E-state index contributed by atoms with van der Waals surface area (Å²) in [4.78, 5) is 69.2. The van der Waals surface area contributed by atoms with E-state index in [0.717, 1.165) is 16.7 Å². The number of anilines is 2. The Morgan fingerprint density at radius 2 is 1.66 bits per heavy atom. The van der Waals surface area contributed by atoms with Gasteiger partial charge in [-0.05, 0) is 54.4 Å². The van der Waals surface area contributed by atoms with Crippen molar-refractivity contribution in [1.29, 1.82) is 0 Å². The lowest BCUT2D eigenvalue weighted by atomic mass is 9.82. The zero-order chi connectivity index (χ0) is 35.5. The summed E-state index contributed by atoms with van der Waals surface area (Å²) in [5, 5.41) is 10.3. The molecule has 3 amide bonds. The Bertz CT molecular complexity index is 1840. The van der Waals surface area contributed by atoms with E-state index in [1.807, 2.05) is 80.7 Å². The van der Waals surface area contributed by atoms with Gasteiger partial charge in [-0.25, -0.2) is 0 Å². The van der Waals surface area contributed by atoms with Gasteiger partial charge in [-0.1, -0.05) is 61.5 Å². The van der Waals surface area contributed by atoms with Gasteiger partial charge >= 0.3 is 5.97 Å².